The highest BCUT2D eigenvalue weighted by atomic mass is 31.2. The van der Waals surface area contributed by atoms with Gasteiger partial charge in [0.05, 0.1) is 0 Å². The summed E-state index contributed by atoms with van der Waals surface area (Å²) in [5.74, 6) is 0. The largest absolute Gasteiger partial charge is 0.375 e. The van der Waals surface area contributed by atoms with Crippen molar-refractivity contribution in [3.05, 3.63) is 54.1 Å². The van der Waals surface area contributed by atoms with Crippen LogP contribution < -0.4 is 0 Å². The van der Waals surface area contributed by atoms with E-state index in [2.05, 4.69) is 0 Å². The van der Waals surface area contributed by atoms with E-state index >= 15 is 0 Å². The third-order valence-electron chi connectivity index (χ3n) is 2.65. The third kappa shape index (κ3) is 1.95. The number of allylic oxidation sites excluding steroid dienone is 2. The zero-order valence-corrected chi connectivity index (χ0v) is 9.51. The predicted molar refractivity (Wildman–Crippen MR) is 64.5 cm³/mol. The first-order valence-corrected chi connectivity index (χ1v) is 6.22. The number of benzene rings is 1. The summed E-state index contributed by atoms with van der Waals surface area (Å²) in [6, 6.07) is 9.27. The lowest BCUT2D eigenvalue weighted by atomic mass is 9.94. The molecule has 0 radical (unpaired) electrons. The fourth-order valence-electron chi connectivity index (χ4n) is 1.77. The molecule has 0 aliphatic heterocycles. The Morgan fingerprint density at radius 2 is 1.81 bits per heavy atom. The monoisotopic (exact) mass is 236 g/mol. The van der Waals surface area contributed by atoms with Crippen molar-refractivity contribution in [1.29, 1.82) is 0 Å². The van der Waals surface area contributed by atoms with Crippen molar-refractivity contribution in [1.82, 2.24) is 0 Å². The lowest BCUT2D eigenvalue weighted by Crippen LogP contribution is -2.28. The fourth-order valence-corrected chi connectivity index (χ4v) is 2.46. The zero-order valence-electron chi connectivity index (χ0n) is 8.61. The lowest BCUT2D eigenvalue weighted by Gasteiger charge is -2.32. The third-order valence-corrected chi connectivity index (χ3v) is 3.73. The molecule has 2 rings (SSSR count). The van der Waals surface area contributed by atoms with Crippen LogP contribution in [0.5, 0.6) is 0 Å². The molecule has 1 aromatic rings. The summed E-state index contributed by atoms with van der Waals surface area (Å²) >= 11 is 0. The lowest BCUT2D eigenvalue weighted by molar-refractivity contribution is 0.167. The summed E-state index contributed by atoms with van der Waals surface area (Å²) in [5, 5.41) is 8.72. The number of rotatable bonds is 2. The van der Waals surface area contributed by atoms with E-state index in [1.54, 1.807) is 12.2 Å². The molecule has 16 heavy (non-hydrogen) atoms. The van der Waals surface area contributed by atoms with E-state index in [4.69, 9.17) is 0 Å². The van der Waals surface area contributed by atoms with Gasteiger partial charge >= 0.3 is 0 Å². The van der Waals surface area contributed by atoms with Crippen LogP contribution in [0.2, 0.25) is 0 Å². The molecule has 1 aliphatic rings. The quantitative estimate of drug-likeness (QED) is 0.688. The normalized spacial score (nSPS) is 24.6. The van der Waals surface area contributed by atoms with Crippen molar-refractivity contribution in [3.8, 4) is 0 Å². The van der Waals surface area contributed by atoms with E-state index in [0.29, 0.717) is 5.57 Å². The molecule has 4 heteroatoms. The Balaban J connectivity index is 2.45. The SMILES string of the molecule is OP(O)C1(O)CC=CC=C1c1ccccc1. The summed E-state index contributed by atoms with van der Waals surface area (Å²) in [4.78, 5) is 18.7. The van der Waals surface area contributed by atoms with Crippen molar-refractivity contribution in [2.45, 2.75) is 11.8 Å². The van der Waals surface area contributed by atoms with E-state index in [1.165, 1.54) is 0 Å². The van der Waals surface area contributed by atoms with Crippen LogP contribution in [0.15, 0.2) is 48.6 Å². The molecule has 3 nitrogen and oxygen atoms in total. The van der Waals surface area contributed by atoms with Crippen LogP contribution in [0, 0.1) is 0 Å². The second-order valence-electron chi connectivity index (χ2n) is 3.68. The molecule has 3 N–H and O–H groups in total. The van der Waals surface area contributed by atoms with Crippen LogP contribution in [-0.2, 0) is 0 Å². The number of hydrogen-bond donors (Lipinski definition) is 3. The summed E-state index contributed by atoms with van der Waals surface area (Å²) in [6.07, 6.45) is 5.50. The van der Waals surface area contributed by atoms with Gasteiger partial charge in [-0.1, -0.05) is 48.6 Å². The van der Waals surface area contributed by atoms with E-state index in [1.807, 2.05) is 36.4 Å². The molecule has 0 saturated heterocycles. The minimum absolute atomic E-state index is 0.229. The van der Waals surface area contributed by atoms with E-state index in [0.717, 1.165) is 5.56 Å². The number of aliphatic hydroxyl groups is 1. The summed E-state index contributed by atoms with van der Waals surface area (Å²) in [7, 11) is -2.43. The fraction of sp³-hybridized carbons (Fsp3) is 0.167. The molecule has 0 bridgehead atoms. The Hall–Kier alpha value is -0.990. The molecule has 1 atom stereocenters. The Kier molecular flexibility index (Phi) is 3.22. The van der Waals surface area contributed by atoms with Gasteiger partial charge in [-0.3, -0.25) is 0 Å². The maximum atomic E-state index is 10.3. The average molecular weight is 236 g/mol. The smallest absolute Gasteiger partial charge is 0.204 e. The Bertz CT molecular complexity index is 425. The molecule has 0 spiro atoms. The average Bonchev–Trinajstić information content (AvgIpc) is 2.30. The second kappa shape index (κ2) is 4.48. The highest BCUT2D eigenvalue weighted by molar-refractivity contribution is 7.47. The summed E-state index contributed by atoms with van der Waals surface area (Å²) in [5.41, 5.74) is 1.37. The molecule has 0 heterocycles. The molecule has 1 aromatic carbocycles. The summed E-state index contributed by atoms with van der Waals surface area (Å²) in [6.45, 7) is 0. The molecule has 84 valence electrons. The van der Waals surface area contributed by atoms with Crippen LogP contribution in [0.25, 0.3) is 5.57 Å². The van der Waals surface area contributed by atoms with Gasteiger partial charge in [-0.15, -0.1) is 0 Å². The minimum Gasteiger partial charge on any atom is -0.375 e. The van der Waals surface area contributed by atoms with Gasteiger partial charge in [-0.2, -0.15) is 0 Å². The van der Waals surface area contributed by atoms with Crippen molar-refractivity contribution in [2.24, 2.45) is 0 Å². The second-order valence-corrected chi connectivity index (χ2v) is 5.00. The van der Waals surface area contributed by atoms with E-state index in [-0.39, 0.29) is 6.42 Å². The van der Waals surface area contributed by atoms with Gasteiger partial charge in [0.25, 0.3) is 0 Å². The highest BCUT2D eigenvalue weighted by Gasteiger charge is 2.40. The Labute approximate surface area is 95.3 Å². The first kappa shape index (κ1) is 11.5. The molecule has 0 aromatic heterocycles. The van der Waals surface area contributed by atoms with Crippen molar-refractivity contribution in [3.63, 3.8) is 0 Å². The first-order valence-electron chi connectivity index (χ1n) is 4.98. The Morgan fingerprint density at radius 1 is 1.12 bits per heavy atom. The van der Waals surface area contributed by atoms with Gasteiger partial charge in [0.2, 0.25) is 8.38 Å². The molecular formula is C12H13O3P. The van der Waals surface area contributed by atoms with Crippen LogP contribution in [0.4, 0.5) is 0 Å². The van der Waals surface area contributed by atoms with Crippen LogP contribution in [-0.4, -0.2) is 20.2 Å². The van der Waals surface area contributed by atoms with Gasteiger partial charge in [0.15, 0.2) is 5.34 Å². The molecular weight excluding hydrogens is 223 g/mol. The molecule has 0 saturated carbocycles. The van der Waals surface area contributed by atoms with Gasteiger partial charge in [0, 0.05) is 6.42 Å². The number of hydrogen-bond acceptors (Lipinski definition) is 3. The van der Waals surface area contributed by atoms with E-state index < -0.39 is 13.7 Å². The molecule has 1 aliphatic carbocycles. The molecule has 0 amide bonds. The van der Waals surface area contributed by atoms with Crippen LogP contribution in [0.3, 0.4) is 0 Å². The predicted octanol–water partition coefficient (Wildman–Crippen LogP) is 2.01. The van der Waals surface area contributed by atoms with Crippen molar-refractivity contribution in [2.75, 3.05) is 0 Å². The van der Waals surface area contributed by atoms with Gasteiger partial charge in [0.1, 0.15) is 0 Å². The standard InChI is InChI=1S/C12H13O3P/c13-12(16(14)15)9-5-4-8-11(12)10-6-2-1-3-7-10/h1-8,13-15H,9H2. The Morgan fingerprint density at radius 3 is 2.44 bits per heavy atom. The van der Waals surface area contributed by atoms with Crippen LogP contribution >= 0.6 is 8.38 Å². The van der Waals surface area contributed by atoms with Crippen molar-refractivity contribution >= 4 is 13.9 Å². The van der Waals surface area contributed by atoms with Gasteiger partial charge in [-0.25, -0.2) is 0 Å². The van der Waals surface area contributed by atoms with Crippen molar-refractivity contribution < 1.29 is 14.9 Å². The van der Waals surface area contributed by atoms with E-state index in [9.17, 15) is 14.9 Å². The zero-order chi connectivity index (χ0) is 11.6. The summed E-state index contributed by atoms with van der Waals surface area (Å²) < 4.78 is 0. The minimum atomic E-state index is -2.43. The highest BCUT2D eigenvalue weighted by Crippen LogP contribution is 2.52. The van der Waals surface area contributed by atoms with Crippen LogP contribution in [0.1, 0.15) is 12.0 Å². The van der Waals surface area contributed by atoms with Gasteiger partial charge in [-0.05, 0) is 11.1 Å². The topological polar surface area (TPSA) is 60.7 Å². The van der Waals surface area contributed by atoms with Gasteiger partial charge < -0.3 is 14.9 Å². The first-order chi connectivity index (χ1) is 7.64. The maximum absolute atomic E-state index is 10.3. The maximum Gasteiger partial charge on any atom is 0.204 e. The molecule has 1 unspecified atom stereocenters. The molecule has 0 fully saturated rings.